The molecule has 0 saturated carbocycles. The second kappa shape index (κ2) is 8.73. The molecule has 7 heteroatoms. The number of nitrogens with one attached hydrogen (secondary N) is 1. The average Bonchev–Trinajstić information content (AvgIpc) is 2.67. The van der Waals surface area contributed by atoms with Crippen molar-refractivity contribution in [1.29, 1.82) is 0 Å². The highest BCUT2D eigenvalue weighted by Crippen LogP contribution is 2.36. The van der Waals surface area contributed by atoms with Gasteiger partial charge in [-0.15, -0.1) is 11.8 Å². The van der Waals surface area contributed by atoms with E-state index in [0.717, 1.165) is 10.6 Å². The second-order valence-electron chi connectivity index (χ2n) is 5.84. The molecular formula is C20H19NO5S. The van der Waals surface area contributed by atoms with Crippen LogP contribution >= 0.6 is 11.8 Å². The molecule has 1 atom stereocenters. The number of fused-ring (bicyclic) bond motifs is 1. The van der Waals surface area contributed by atoms with Gasteiger partial charge in [-0.25, -0.2) is 0 Å². The molecular weight excluding hydrogens is 366 g/mol. The Kier molecular flexibility index (Phi) is 6.13. The monoisotopic (exact) mass is 385 g/mol. The number of amides is 1. The van der Waals surface area contributed by atoms with E-state index in [2.05, 4.69) is 5.32 Å². The van der Waals surface area contributed by atoms with Gasteiger partial charge in [-0.2, -0.15) is 0 Å². The van der Waals surface area contributed by atoms with Gasteiger partial charge in [0.2, 0.25) is 5.91 Å². The van der Waals surface area contributed by atoms with Crippen molar-refractivity contribution < 1.29 is 23.9 Å². The quantitative estimate of drug-likeness (QED) is 0.582. The molecule has 0 fully saturated rings. The fourth-order valence-electron chi connectivity index (χ4n) is 2.57. The second-order valence-corrected chi connectivity index (χ2v) is 7.08. The van der Waals surface area contributed by atoms with Gasteiger partial charge in [-0.1, -0.05) is 12.1 Å². The summed E-state index contributed by atoms with van der Waals surface area (Å²) in [6.07, 6.45) is -0.0958. The Morgan fingerprint density at radius 2 is 1.85 bits per heavy atom. The molecule has 1 amide bonds. The average molecular weight is 385 g/mol. The van der Waals surface area contributed by atoms with E-state index in [-0.39, 0.29) is 24.7 Å². The lowest BCUT2D eigenvalue weighted by molar-refractivity contribution is -0.143. The molecule has 0 spiro atoms. The van der Waals surface area contributed by atoms with Crippen molar-refractivity contribution in [2.75, 3.05) is 18.5 Å². The molecule has 0 aliphatic carbocycles. The van der Waals surface area contributed by atoms with Crippen molar-refractivity contribution in [2.45, 2.75) is 23.5 Å². The van der Waals surface area contributed by atoms with E-state index in [1.165, 1.54) is 11.8 Å². The standard InChI is InChI=1S/C20H19NO5S/c1-2-25-14-9-7-13(8-10-14)16(22)12-26-19(23)11-18-20(24)21-15-5-3-4-6-17(15)27-18/h3-10,18H,2,11-12H2,1H3,(H,21,24)/t18-/m0/s1. The number of ether oxygens (including phenoxy) is 2. The van der Waals surface area contributed by atoms with Crippen molar-refractivity contribution in [1.82, 2.24) is 0 Å². The summed E-state index contributed by atoms with van der Waals surface area (Å²) in [7, 11) is 0. The van der Waals surface area contributed by atoms with Gasteiger partial charge in [0, 0.05) is 10.5 Å². The molecule has 2 aromatic rings. The van der Waals surface area contributed by atoms with Gasteiger partial charge >= 0.3 is 5.97 Å². The first-order valence-corrected chi connectivity index (χ1v) is 9.43. The normalized spacial score (nSPS) is 15.4. The van der Waals surface area contributed by atoms with E-state index in [4.69, 9.17) is 9.47 Å². The van der Waals surface area contributed by atoms with E-state index in [9.17, 15) is 14.4 Å². The zero-order valence-electron chi connectivity index (χ0n) is 14.8. The largest absolute Gasteiger partial charge is 0.494 e. The number of hydrogen-bond donors (Lipinski definition) is 1. The zero-order chi connectivity index (χ0) is 19.2. The number of carbonyl (C=O) groups excluding carboxylic acids is 3. The molecule has 0 radical (unpaired) electrons. The Labute approximate surface area is 161 Å². The highest BCUT2D eigenvalue weighted by atomic mass is 32.2. The van der Waals surface area contributed by atoms with Crippen molar-refractivity contribution in [3.63, 3.8) is 0 Å². The summed E-state index contributed by atoms with van der Waals surface area (Å²) in [5.74, 6) is -0.459. The molecule has 0 aromatic heterocycles. The number of hydrogen-bond acceptors (Lipinski definition) is 6. The summed E-state index contributed by atoms with van der Waals surface area (Å²) in [6.45, 7) is 2.06. The van der Waals surface area contributed by atoms with Crippen molar-refractivity contribution >= 4 is 35.1 Å². The van der Waals surface area contributed by atoms with Gasteiger partial charge in [0.25, 0.3) is 0 Å². The lowest BCUT2D eigenvalue weighted by Crippen LogP contribution is -2.31. The van der Waals surface area contributed by atoms with E-state index in [0.29, 0.717) is 17.9 Å². The predicted molar refractivity (Wildman–Crippen MR) is 102 cm³/mol. The van der Waals surface area contributed by atoms with Crippen LogP contribution in [0.1, 0.15) is 23.7 Å². The summed E-state index contributed by atoms with van der Waals surface area (Å²) >= 11 is 1.32. The van der Waals surface area contributed by atoms with Gasteiger partial charge in [-0.3, -0.25) is 14.4 Å². The van der Waals surface area contributed by atoms with Crippen molar-refractivity contribution in [3.05, 3.63) is 54.1 Å². The smallest absolute Gasteiger partial charge is 0.307 e. The molecule has 0 unspecified atom stereocenters. The van der Waals surface area contributed by atoms with Crippen LogP contribution in [0.4, 0.5) is 5.69 Å². The lowest BCUT2D eigenvalue weighted by Gasteiger charge is -2.23. The molecule has 1 N–H and O–H groups in total. The van der Waals surface area contributed by atoms with E-state index >= 15 is 0 Å². The molecule has 6 nitrogen and oxygen atoms in total. The number of thioether (sulfide) groups is 1. The van der Waals surface area contributed by atoms with Crippen LogP contribution in [0.3, 0.4) is 0 Å². The highest BCUT2D eigenvalue weighted by Gasteiger charge is 2.29. The number of rotatable bonds is 7. The number of Topliss-reactive ketones (excluding diaryl/α,β-unsaturated/α-hetero) is 1. The van der Waals surface area contributed by atoms with Crippen molar-refractivity contribution in [3.8, 4) is 5.75 Å². The van der Waals surface area contributed by atoms with E-state index in [1.807, 2.05) is 31.2 Å². The summed E-state index contributed by atoms with van der Waals surface area (Å²) < 4.78 is 10.4. The van der Waals surface area contributed by atoms with Crippen LogP contribution in [-0.4, -0.2) is 36.1 Å². The van der Waals surface area contributed by atoms with Crippen LogP contribution in [0, 0.1) is 0 Å². The minimum absolute atomic E-state index is 0.0958. The maximum absolute atomic E-state index is 12.1. The number of anilines is 1. The number of esters is 1. The SMILES string of the molecule is CCOc1ccc(C(=O)COC(=O)C[C@@H]2Sc3ccccc3NC2=O)cc1. The van der Waals surface area contributed by atoms with Crippen molar-refractivity contribution in [2.24, 2.45) is 0 Å². The molecule has 1 heterocycles. The molecule has 2 aromatic carbocycles. The molecule has 0 saturated heterocycles. The summed E-state index contributed by atoms with van der Waals surface area (Å²) in [5, 5.41) is 2.20. The number of para-hydroxylation sites is 1. The first-order valence-electron chi connectivity index (χ1n) is 8.55. The zero-order valence-corrected chi connectivity index (χ0v) is 15.6. The first kappa shape index (κ1) is 19.0. The van der Waals surface area contributed by atoms with Gasteiger partial charge in [0.1, 0.15) is 5.75 Å². The topological polar surface area (TPSA) is 81.7 Å². The molecule has 1 aliphatic heterocycles. The van der Waals surface area contributed by atoms with Crippen LogP contribution in [-0.2, 0) is 14.3 Å². The predicted octanol–water partition coefficient (Wildman–Crippen LogP) is 3.31. The van der Waals surface area contributed by atoms with Gasteiger partial charge < -0.3 is 14.8 Å². The molecule has 3 rings (SSSR count). The van der Waals surface area contributed by atoms with Gasteiger partial charge in [0.05, 0.1) is 24.0 Å². The maximum atomic E-state index is 12.1. The summed E-state index contributed by atoms with van der Waals surface area (Å²) in [5.41, 5.74) is 1.17. The van der Waals surface area contributed by atoms with Crippen LogP contribution in [0.15, 0.2) is 53.4 Å². The van der Waals surface area contributed by atoms with Crippen LogP contribution < -0.4 is 10.1 Å². The Balaban J connectivity index is 1.51. The van der Waals surface area contributed by atoms with Gasteiger partial charge in [0.15, 0.2) is 12.4 Å². The summed E-state index contributed by atoms with van der Waals surface area (Å²) in [4.78, 5) is 37.2. The third-order valence-corrected chi connectivity index (χ3v) is 5.19. The first-order chi connectivity index (χ1) is 13.1. The lowest BCUT2D eigenvalue weighted by atomic mass is 10.1. The van der Waals surface area contributed by atoms with Gasteiger partial charge in [-0.05, 0) is 43.3 Å². The fourth-order valence-corrected chi connectivity index (χ4v) is 3.67. The molecule has 0 bridgehead atoms. The summed E-state index contributed by atoms with van der Waals surface area (Å²) in [6, 6.07) is 14.0. The van der Waals surface area contributed by atoms with Crippen LogP contribution in [0.5, 0.6) is 5.75 Å². The minimum atomic E-state index is -0.582. The van der Waals surface area contributed by atoms with E-state index in [1.54, 1.807) is 24.3 Å². The molecule has 27 heavy (non-hydrogen) atoms. The Morgan fingerprint density at radius 3 is 2.59 bits per heavy atom. The Bertz CT molecular complexity index is 850. The number of benzene rings is 2. The third-order valence-electron chi connectivity index (χ3n) is 3.91. The number of carbonyl (C=O) groups is 3. The van der Waals surface area contributed by atoms with E-state index < -0.39 is 11.2 Å². The Hall–Kier alpha value is -2.80. The maximum Gasteiger partial charge on any atom is 0.307 e. The van der Waals surface area contributed by atoms with Crippen LogP contribution in [0.25, 0.3) is 0 Å². The van der Waals surface area contributed by atoms with Crippen LogP contribution in [0.2, 0.25) is 0 Å². The third kappa shape index (κ3) is 4.89. The molecule has 140 valence electrons. The highest BCUT2D eigenvalue weighted by molar-refractivity contribution is 8.01. The molecule has 1 aliphatic rings. The fraction of sp³-hybridized carbons (Fsp3) is 0.250. The minimum Gasteiger partial charge on any atom is -0.494 e. The number of ketones is 1. The Morgan fingerprint density at radius 1 is 1.11 bits per heavy atom.